The SMILES string of the molecule is CCOC(=O)c1csc(N2CCCc3cc(Nc4nc5ccccc5s4)nnc32)n1. The van der Waals surface area contributed by atoms with E-state index in [1.165, 1.54) is 11.3 Å². The summed E-state index contributed by atoms with van der Waals surface area (Å²) in [5, 5.41) is 15.3. The average Bonchev–Trinajstić information content (AvgIpc) is 3.40. The van der Waals surface area contributed by atoms with Gasteiger partial charge in [0, 0.05) is 17.5 Å². The number of thiazole rings is 2. The fourth-order valence-electron chi connectivity index (χ4n) is 3.34. The highest BCUT2D eigenvalue weighted by Crippen LogP contribution is 2.35. The maximum Gasteiger partial charge on any atom is 0.357 e. The van der Waals surface area contributed by atoms with Crippen molar-refractivity contribution in [3.8, 4) is 0 Å². The molecule has 0 amide bonds. The molecule has 4 aromatic rings. The molecule has 0 atom stereocenters. The van der Waals surface area contributed by atoms with Gasteiger partial charge in [-0.15, -0.1) is 21.5 Å². The standard InChI is InChI=1S/C20H18N6O2S2/c1-2-28-18(27)14-11-29-20(22-14)26-9-5-6-12-10-16(24-25-17(12)26)23-19-21-13-7-3-4-8-15(13)30-19/h3-4,7-8,10-11H,2,5-6,9H2,1H3,(H,21,23,24). The van der Waals surface area contributed by atoms with Crippen LogP contribution in [0.25, 0.3) is 10.2 Å². The van der Waals surface area contributed by atoms with Gasteiger partial charge in [-0.3, -0.25) is 0 Å². The number of fused-ring (bicyclic) bond motifs is 2. The maximum absolute atomic E-state index is 11.9. The molecule has 5 rings (SSSR count). The minimum absolute atomic E-state index is 0.325. The quantitative estimate of drug-likeness (QED) is 0.454. The molecule has 1 N–H and O–H groups in total. The molecule has 4 heterocycles. The summed E-state index contributed by atoms with van der Waals surface area (Å²) in [6, 6.07) is 10.0. The predicted octanol–water partition coefficient (Wildman–Crippen LogP) is 4.55. The molecular formula is C20H18N6O2S2. The first-order valence-corrected chi connectivity index (χ1v) is 11.3. The average molecular weight is 439 g/mol. The lowest BCUT2D eigenvalue weighted by Crippen LogP contribution is -2.26. The number of nitrogens with one attached hydrogen (secondary N) is 1. The van der Waals surface area contributed by atoms with Crippen LogP contribution in [0.4, 0.5) is 21.9 Å². The van der Waals surface area contributed by atoms with E-state index in [4.69, 9.17) is 4.74 Å². The third kappa shape index (κ3) is 3.59. The number of carbonyl (C=O) groups excluding carboxylic acids is 1. The molecule has 0 saturated heterocycles. The molecule has 0 fully saturated rings. The smallest absolute Gasteiger partial charge is 0.357 e. The lowest BCUT2D eigenvalue weighted by molar-refractivity contribution is 0.0520. The zero-order valence-corrected chi connectivity index (χ0v) is 17.8. The van der Waals surface area contributed by atoms with E-state index < -0.39 is 5.97 Å². The fourth-order valence-corrected chi connectivity index (χ4v) is 5.03. The van der Waals surface area contributed by atoms with Gasteiger partial charge in [0.1, 0.15) is 0 Å². The summed E-state index contributed by atoms with van der Waals surface area (Å²) in [7, 11) is 0. The number of nitrogens with zero attached hydrogens (tertiary/aromatic N) is 5. The van der Waals surface area contributed by atoms with E-state index in [-0.39, 0.29) is 0 Å². The Morgan fingerprint density at radius 2 is 2.17 bits per heavy atom. The summed E-state index contributed by atoms with van der Waals surface area (Å²) in [5.41, 5.74) is 2.38. The second-order valence-electron chi connectivity index (χ2n) is 6.68. The van der Waals surface area contributed by atoms with Crippen LogP contribution in [0.2, 0.25) is 0 Å². The van der Waals surface area contributed by atoms with Crippen LogP contribution < -0.4 is 10.2 Å². The Labute approximate surface area is 180 Å². The van der Waals surface area contributed by atoms with Crippen LogP contribution >= 0.6 is 22.7 Å². The summed E-state index contributed by atoms with van der Waals surface area (Å²) < 4.78 is 6.16. The van der Waals surface area contributed by atoms with Crippen molar-refractivity contribution in [3.05, 3.63) is 47.0 Å². The van der Waals surface area contributed by atoms with Crippen LogP contribution in [0.1, 0.15) is 29.4 Å². The lowest BCUT2D eigenvalue weighted by Gasteiger charge is -2.27. The zero-order chi connectivity index (χ0) is 20.5. The van der Waals surface area contributed by atoms with E-state index in [0.29, 0.717) is 18.1 Å². The summed E-state index contributed by atoms with van der Waals surface area (Å²) in [6.45, 7) is 2.89. The van der Waals surface area contributed by atoms with Crippen molar-refractivity contribution in [1.29, 1.82) is 0 Å². The van der Waals surface area contributed by atoms with E-state index in [2.05, 4.69) is 25.5 Å². The Morgan fingerprint density at radius 3 is 3.03 bits per heavy atom. The molecule has 0 saturated carbocycles. The van der Waals surface area contributed by atoms with Gasteiger partial charge < -0.3 is 15.0 Å². The van der Waals surface area contributed by atoms with Crippen LogP contribution in [-0.4, -0.2) is 39.3 Å². The van der Waals surface area contributed by atoms with Gasteiger partial charge in [0.15, 0.2) is 27.6 Å². The van der Waals surface area contributed by atoms with E-state index in [0.717, 1.165) is 51.2 Å². The van der Waals surface area contributed by atoms with Gasteiger partial charge >= 0.3 is 5.97 Å². The first kappa shape index (κ1) is 18.9. The molecule has 0 unspecified atom stereocenters. The number of aromatic nitrogens is 4. The number of carbonyl (C=O) groups is 1. The Kier molecular flexibility index (Phi) is 5.01. The highest BCUT2D eigenvalue weighted by Gasteiger charge is 2.24. The molecule has 10 heteroatoms. The van der Waals surface area contributed by atoms with Gasteiger partial charge in [-0.2, -0.15) is 0 Å². The molecule has 152 valence electrons. The predicted molar refractivity (Wildman–Crippen MR) is 118 cm³/mol. The van der Waals surface area contributed by atoms with E-state index >= 15 is 0 Å². The first-order chi connectivity index (χ1) is 14.7. The molecule has 0 spiro atoms. The van der Waals surface area contributed by atoms with Gasteiger partial charge in [0.25, 0.3) is 0 Å². The summed E-state index contributed by atoms with van der Waals surface area (Å²) in [4.78, 5) is 23.0. The number of anilines is 4. The Balaban J connectivity index is 1.39. The minimum atomic E-state index is -0.404. The number of aryl methyl sites for hydroxylation is 1. The second-order valence-corrected chi connectivity index (χ2v) is 8.55. The molecule has 30 heavy (non-hydrogen) atoms. The molecule has 1 aliphatic heterocycles. The van der Waals surface area contributed by atoms with Crippen molar-refractivity contribution >= 4 is 60.8 Å². The number of ether oxygens (including phenoxy) is 1. The van der Waals surface area contributed by atoms with Gasteiger partial charge in [-0.1, -0.05) is 23.5 Å². The molecule has 8 nitrogen and oxygen atoms in total. The molecule has 0 bridgehead atoms. The highest BCUT2D eigenvalue weighted by molar-refractivity contribution is 7.22. The Morgan fingerprint density at radius 1 is 1.27 bits per heavy atom. The van der Waals surface area contributed by atoms with E-state index in [9.17, 15) is 4.79 Å². The Hall–Kier alpha value is -3.11. The van der Waals surface area contributed by atoms with Crippen molar-refractivity contribution in [3.63, 3.8) is 0 Å². The normalized spacial score (nSPS) is 13.3. The molecule has 3 aromatic heterocycles. The van der Waals surface area contributed by atoms with Crippen molar-refractivity contribution in [2.45, 2.75) is 19.8 Å². The van der Waals surface area contributed by atoms with Crippen LogP contribution in [0.15, 0.2) is 35.7 Å². The maximum atomic E-state index is 11.9. The van der Waals surface area contributed by atoms with E-state index in [1.807, 2.05) is 35.2 Å². The lowest BCUT2D eigenvalue weighted by atomic mass is 10.1. The fraction of sp³-hybridized carbons (Fsp3) is 0.250. The third-order valence-electron chi connectivity index (χ3n) is 4.67. The molecule has 1 aliphatic rings. The highest BCUT2D eigenvalue weighted by atomic mass is 32.1. The molecule has 0 aliphatic carbocycles. The van der Waals surface area contributed by atoms with Crippen LogP contribution in [-0.2, 0) is 11.2 Å². The first-order valence-electron chi connectivity index (χ1n) is 9.60. The van der Waals surface area contributed by atoms with Crippen molar-refractivity contribution in [2.75, 3.05) is 23.4 Å². The number of hydrogen-bond acceptors (Lipinski definition) is 10. The number of para-hydroxylation sites is 1. The third-order valence-corrected chi connectivity index (χ3v) is 6.49. The van der Waals surface area contributed by atoms with Gasteiger partial charge in [0.2, 0.25) is 0 Å². The summed E-state index contributed by atoms with van der Waals surface area (Å²) >= 11 is 2.99. The number of rotatable bonds is 5. The molecular weight excluding hydrogens is 420 g/mol. The number of benzene rings is 1. The van der Waals surface area contributed by atoms with Crippen molar-refractivity contribution < 1.29 is 9.53 Å². The van der Waals surface area contributed by atoms with Crippen molar-refractivity contribution in [1.82, 2.24) is 20.2 Å². The van der Waals surface area contributed by atoms with Gasteiger partial charge in [-0.05, 0) is 38.0 Å². The van der Waals surface area contributed by atoms with E-state index in [1.54, 1.807) is 23.6 Å². The van der Waals surface area contributed by atoms with Gasteiger partial charge in [0.05, 0.1) is 16.8 Å². The summed E-state index contributed by atoms with van der Waals surface area (Å²) in [6.07, 6.45) is 1.87. The number of esters is 1. The molecule has 1 aromatic carbocycles. The topological polar surface area (TPSA) is 93.1 Å². The number of hydrogen-bond donors (Lipinski definition) is 1. The van der Waals surface area contributed by atoms with Crippen LogP contribution in [0.3, 0.4) is 0 Å². The monoisotopic (exact) mass is 438 g/mol. The van der Waals surface area contributed by atoms with Crippen LogP contribution in [0.5, 0.6) is 0 Å². The van der Waals surface area contributed by atoms with Crippen LogP contribution in [0, 0.1) is 0 Å². The molecule has 0 radical (unpaired) electrons. The van der Waals surface area contributed by atoms with Gasteiger partial charge in [-0.25, -0.2) is 14.8 Å². The Bertz CT molecular complexity index is 1190. The zero-order valence-electron chi connectivity index (χ0n) is 16.2. The second kappa shape index (κ2) is 7.96. The largest absolute Gasteiger partial charge is 0.461 e. The summed E-state index contributed by atoms with van der Waals surface area (Å²) in [5.74, 6) is 1.04. The van der Waals surface area contributed by atoms with Crippen molar-refractivity contribution in [2.24, 2.45) is 0 Å². The minimum Gasteiger partial charge on any atom is -0.461 e.